The number of unbranched alkanes of at least 4 members (excludes halogenated alkanes) is 2. The third-order valence-corrected chi connectivity index (χ3v) is 11.8. The number of rotatable bonds is 27. The molecule has 22 nitrogen and oxygen atoms in total. The number of carbonyl (C=O) groups excluding carboxylic acids is 3. The zero-order valence-electron chi connectivity index (χ0n) is 38.3. The van der Waals surface area contributed by atoms with Crippen LogP contribution in [0.2, 0.25) is 0 Å². The Hall–Kier alpha value is -3.63. The summed E-state index contributed by atoms with van der Waals surface area (Å²) in [7, 11) is 0. The van der Waals surface area contributed by atoms with Crippen LogP contribution in [0.15, 0.2) is 48.5 Å². The van der Waals surface area contributed by atoms with Crippen LogP contribution < -0.4 is 20.7 Å². The molecule has 15 atom stereocenters. The molecule has 3 aliphatic heterocycles. The number of carbonyl (C=O) groups is 3. The third kappa shape index (κ3) is 15.7. The number of aliphatic hydroxyl groups excluding tert-OH is 9. The summed E-state index contributed by atoms with van der Waals surface area (Å²) in [6, 6.07) is 14.6. The number of nitrogens with one attached hydrogen (secondary N) is 3. The first-order valence-corrected chi connectivity index (χ1v) is 23.0. The third-order valence-electron chi connectivity index (χ3n) is 11.8. The zero-order valence-corrected chi connectivity index (χ0v) is 38.3. The van der Waals surface area contributed by atoms with Crippen LogP contribution in [0.5, 0.6) is 5.75 Å². The Morgan fingerprint density at radius 3 is 1.90 bits per heavy atom. The van der Waals surface area contributed by atoms with Crippen molar-refractivity contribution in [2.24, 2.45) is 0 Å². The lowest BCUT2D eigenvalue weighted by molar-refractivity contribution is -0.376. The molecule has 3 fully saturated rings. The summed E-state index contributed by atoms with van der Waals surface area (Å²) in [6.45, 7) is 2.19. The molecule has 0 radical (unpaired) electrons. The summed E-state index contributed by atoms with van der Waals surface area (Å²) >= 11 is 0. The van der Waals surface area contributed by atoms with Crippen LogP contribution in [0.25, 0.3) is 11.1 Å². The maximum absolute atomic E-state index is 12.5. The molecular formula is C46H69N3O19. The monoisotopic (exact) mass is 967 g/mol. The molecule has 0 bridgehead atoms. The van der Waals surface area contributed by atoms with E-state index in [2.05, 4.69) is 22.0 Å². The molecule has 2 aromatic carbocycles. The predicted octanol–water partition coefficient (Wildman–Crippen LogP) is -3.08. The quantitative estimate of drug-likeness (QED) is 0.0395. The Kier molecular flexibility index (Phi) is 22.5. The van der Waals surface area contributed by atoms with Crippen molar-refractivity contribution in [1.82, 2.24) is 16.0 Å². The molecule has 5 rings (SSSR count). The number of aryl methyl sites for hydroxylation is 1. The Morgan fingerprint density at radius 2 is 1.24 bits per heavy atom. The molecule has 0 aliphatic carbocycles. The molecule has 382 valence electrons. The van der Waals surface area contributed by atoms with Crippen molar-refractivity contribution in [2.45, 2.75) is 138 Å². The van der Waals surface area contributed by atoms with Gasteiger partial charge >= 0.3 is 0 Å². The van der Waals surface area contributed by atoms with Crippen LogP contribution in [0, 0.1) is 6.92 Å². The minimum atomic E-state index is -1.95. The summed E-state index contributed by atoms with van der Waals surface area (Å²) in [5, 5.41) is 103. The zero-order chi connectivity index (χ0) is 49.3. The molecule has 0 spiro atoms. The maximum Gasteiger partial charge on any atom is 0.217 e. The average molecular weight is 968 g/mol. The highest BCUT2D eigenvalue weighted by Crippen LogP contribution is 2.33. The lowest BCUT2D eigenvalue weighted by atomic mass is 9.95. The molecule has 0 aromatic heterocycles. The SMILES string of the molecule is CC(=O)NC1C(O)[C@H](O[C@@H]2OC(CO)[C@H](O)C(O[C@H]3OC(CO)[C@H](O)C(O)C3O)C2O)C(CO)O[C@H]1OCCCNCC(=O)CCCCCNCC(=O)COc1ccc(-c2cccc(C)c2)cc1. The molecule has 22 heteroatoms. The number of hydrogen-bond acceptors (Lipinski definition) is 21. The van der Waals surface area contributed by atoms with Crippen molar-refractivity contribution in [3.63, 3.8) is 0 Å². The van der Waals surface area contributed by atoms with Crippen LogP contribution in [0.1, 0.15) is 44.6 Å². The van der Waals surface area contributed by atoms with E-state index in [0.717, 1.165) is 24.0 Å². The first-order chi connectivity index (χ1) is 32.6. The molecule has 1 amide bonds. The number of hydrogen-bond donors (Lipinski definition) is 12. The van der Waals surface area contributed by atoms with Gasteiger partial charge in [0.15, 0.2) is 24.7 Å². The van der Waals surface area contributed by atoms with Crippen LogP contribution in [-0.4, -0.2) is 215 Å². The van der Waals surface area contributed by atoms with E-state index in [9.17, 15) is 60.3 Å². The largest absolute Gasteiger partial charge is 0.486 e. The number of benzene rings is 2. The van der Waals surface area contributed by atoms with Gasteiger partial charge in [0.05, 0.1) is 39.5 Å². The van der Waals surface area contributed by atoms with Gasteiger partial charge in [0.25, 0.3) is 0 Å². The topological polar surface area (TPSA) is 334 Å². The van der Waals surface area contributed by atoms with Crippen LogP contribution in [-0.2, 0) is 42.8 Å². The van der Waals surface area contributed by atoms with Gasteiger partial charge < -0.3 is 95.1 Å². The molecule has 3 saturated heterocycles. The van der Waals surface area contributed by atoms with Gasteiger partial charge in [-0.3, -0.25) is 14.4 Å². The highest BCUT2D eigenvalue weighted by molar-refractivity contribution is 5.82. The van der Waals surface area contributed by atoms with E-state index in [-0.39, 0.29) is 37.9 Å². The van der Waals surface area contributed by atoms with Gasteiger partial charge in [-0.15, -0.1) is 0 Å². The first kappa shape index (κ1) is 55.3. The normalized spacial score (nSPS) is 31.8. The Bertz CT molecular complexity index is 1850. The van der Waals surface area contributed by atoms with Gasteiger partial charge in [0.1, 0.15) is 91.3 Å². The van der Waals surface area contributed by atoms with E-state index in [0.29, 0.717) is 38.1 Å². The van der Waals surface area contributed by atoms with Gasteiger partial charge in [0, 0.05) is 13.3 Å². The molecule has 12 N–H and O–H groups in total. The highest BCUT2D eigenvalue weighted by Gasteiger charge is 2.54. The van der Waals surface area contributed by atoms with Gasteiger partial charge in [-0.2, -0.15) is 0 Å². The van der Waals surface area contributed by atoms with Crippen LogP contribution in [0.3, 0.4) is 0 Å². The van der Waals surface area contributed by atoms with E-state index in [4.69, 9.17) is 33.2 Å². The van der Waals surface area contributed by atoms with Crippen molar-refractivity contribution in [3.8, 4) is 16.9 Å². The fourth-order valence-electron chi connectivity index (χ4n) is 8.05. The van der Waals surface area contributed by atoms with Gasteiger partial charge in [-0.05, 0) is 62.5 Å². The standard InChI is InChI=1S/C46H69N3O19/c1-25-8-6-9-28(18-25)27-11-13-31(14-12-27)63-24-30(55)20-47-15-5-3-4-10-29(54)19-48-16-7-17-62-44-35(49-26(2)53)38(58)42(34(23-52)66-44)67-46-41(61)43(37(57)33(22-51)65-46)68-45-40(60)39(59)36(56)32(21-50)64-45/h6,8-9,11-14,18,32-48,50-52,56-61H,3-5,7,10,15-17,19-24H2,1-2H3,(H,49,53)/t32?,33?,34?,35?,36-,37-,38?,39?,40?,41?,42+,43?,44+,45+,46-/m0/s1. The first-order valence-electron chi connectivity index (χ1n) is 23.0. The Morgan fingerprint density at radius 1 is 0.618 bits per heavy atom. The molecular weight excluding hydrogens is 899 g/mol. The minimum absolute atomic E-state index is 0.0260. The van der Waals surface area contributed by atoms with E-state index in [1.54, 1.807) is 0 Å². The second-order valence-electron chi connectivity index (χ2n) is 17.2. The second-order valence-corrected chi connectivity index (χ2v) is 17.2. The molecule has 9 unspecified atom stereocenters. The molecule has 2 aromatic rings. The molecule has 3 heterocycles. The smallest absolute Gasteiger partial charge is 0.217 e. The van der Waals surface area contributed by atoms with Crippen molar-refractivity contribution >= 4 is 17.5 Å². The summed E-state index contributed by atoms with van der Waals surface area (Å²) in [6.07, 6.45) is -20.2. The van der Waals surface area contributed by atoms with E-state index >= 15 is 0 Å². The number of Topliss-reactive ketones (excluding diaryl/α,β-unsaturated/α-hetero) is 2. The summed E-state index contributed by atoms with van der Waals surface area (Å²) in [5.74, 6) is -0.00342. The lowest BCUT2D eigenvalue weighted by Gasteiger charge is -2.48. The number of ether oxygens (including phenoxy) is 7. The highest BCUT2D eigenvalue weighted by atomic mass is 16.8. The van der Waals surface area contributed by atoms with E-state index in [1.165, 1.54) is 12.5 Å². The summed E-state index contributed by atoms with van der Waals surface area (Å²) < 4.78 is 39.8. The van der Waals surface area contributed by atoms with Crippen molar-refractivity contribution in [1.29, 1.82) is 0 Å². The second kappa shape index (κ2) is 27.7. The Balaban J connectivity index is 0.974. The number of ketones is 2. The molecule has 3 aliphatic rings. The summed E-state index contributed by atoms with van der Waals surface area (Å²) in [5.41, 5.74) is 3.36. The fourth-order valence-corrected chi connectivity index (χ4v) is 8.05. The van der Waals surface area contributed by atoms with Crippen LogP contribution in [0.4, 0.5) is 0 Å². The molecule has 0 saturated carbocycles. The average Bonchev–Trinajstić information content (AvgIpc) is 3.32. The fraction of sp³-hybridized carbons (Fsp3) is 0.674. The lowest BCUT2D eigenvalue weighted by Crippen LogP contribution is -2.68. The van der Waals surface area contributed by atoms with Crippen molar-refractivity contribution < 1.29 is 93.5 Å². The van der Waals surface area contributed by atoms with Crippen molar-refractivity contribution in [3.05, 3.63) is 54.1 Å². The predicted molar refractivity (Wildman–Crippen MR) is 238 cm³/mol. The number of amides is 1. The summed E-state index contributed by atoms with van der Waals surface area (Å²) in [4.78, 5) is 37.0. The van der Waals surface area contributed by atoms with Gasteiger partial charge in [-0.25, -0.2) is 0 Å². The van der Waals surface area contributed by atoms with E-state index < -0.39 is 118 Å². The Labute approximate surface area is 394 Å². The maximum atomic E-state index is 12.5. The minimum Gasteiger partial charge on any atom is -0.486 e. The number of aliphatic hydroxyl groups is 9. The molecule has 68 heavy (non-hydrogen) atoms. The van der Waals surface area contributed by atoms with Crippen LogP contribution >= 0.6 is 0 Å². The van der Waals surface area contributed by atoms with E-state index in [1.807, 2.05) is 49.4 Å². The van der Waals surface area contributed by atoms with Gasteiger partial charge in [-0.1, -0.05) is 48.4 Å². The van der Waals surface area contributed by atoms with Crippen molar-refractivity contribution in [2.75, 3.05) is 59.2 Å². The van der Waals surface area contributed by atoms with Gasteiger partial charge in [0.2, 0.25) is 5.91 Å².